The average Bonchev–Trinajstić information content (AvgIpc) is 3.06. The van der Waals surface area contributed by atoms with Gasteiger partial charge in [-0.15, -0.1) is 0 Å². The quantitative estimate of drug-likeness (QED) is 0.437. The summed E-state index contributed by atoms with van der Waals surface area (Å²) in [6.45, 7) is 3.26. The van der Waals surface area contributed by atoms with Crippen LogP contribution in [0.2, 0.25) is 0 Å². The number of hydrogen-bond donors (Lipinski definition) is 1. The Balaban J connectivity index is 1.27. The first-order valence-corrected chi connectivity index (χ1v) is 11.4. The monoisotopic (exact) mass is 471 g/mol. The number of rotatable bonds is 6. The lowest BCUT2D eigenvalue weighted by molar-refractivity contribution is -0.136. The molecule has 7 heteroatoms. The number of aromatic nitrogens is 1. The highest BCUT2D eigenvalue weighted by molar-refractivity contribution is 6.04. The highest BCUT2D eigenvalue weighted by Gasteiger charge is 2.20. The van der Waals surface area contributed by atoms with E-state index in [1.54, 1.807) is 41.0 Å². The van der Waals surface area contributed by atoms with E-state index < -0.39 is 5.97 Å². The topological polar surface area (TPSA) is 87.0 Å². The molecule has 0 aliphatic carbocycles. The zero-order valence-corrected chi connectivity index (χ0v) is 19.3. The van der Waals surface area contributed by atoms with E-state index >= 15 is 0 Å². The number of carbonyl (C=O) groups is 2. The number of carboxylic acids is 1. The van der Waals surface area contributed by atoms with E-state index in [9.17, 15) is 14.7 Å². The van der Waals surface area contributed by atoms with Crippen molar-refractivity contribution >= 4 is 22.8 Å². The number of fused-ring (bicyclic) bond motifs is 2. The first-order valence-electron chi connectivity index (χ1n) is 11.4. The largest absolute Gasteiger partial charge is 0.493 e. The minimum Gasteiger partial charge on any atom is -0.493 e. The predicted octanol–water partition coefficient (Wildman–Crippen LogP) is 4.73. The van der Waals surface area contributed by atoms with Crippen LogP contribution in [-0.4, -0.2) is 41.4 Å². The number of benzene rings is 3. The van der Waals surface area contributed by atoms with Gasteiger partial charge in [0.05, 0.1) is 37.7 Å². The van der Waals surface area contributed by atoms with Crippen LogP contribution in [0.4, 0.5) is 0 Å². The molecule has 0 saturated heterocycles. The standard InChI is InChI=1S/C28H25NO6/c1-18-13-23-21(14-27(30)31)5-4-6-24(23)29(18)28(32)20-9-11-22(12-10-20)33-15-19-16-34-25-7-2-3-8-26(25)35-17-19/h2-13,19H,14-17H2,1H3,(H,30,31). The summed E-state index contributed by atoms with van der Waals surface area (Å²) in [4.78, 5) is 24.5. The number of ether oxygens (including phenoxy) is 3. The van der Waals surface area contributed by atoms with Crippen LogP contribution in [0, 0.1) is 12.8 Å². The van der Waals surface area contributed by atoms with Gasteiger partial charge in [0, 0.05) is 16.6 Å². The van der Waals surface area contributed by atoms with Crippen LogP contribution in [0.25, 0.3) is 10.9 Å². The Labute approximate surface area is 202 Å². The second-order valence-electron chi connectivity index (χ2n) is 8.62. The Bertz CT molecular complexity index is 1360. The molecule has 0 amide bonds. The zero-order valence-electron chi connectivity index (χ0n) is 19.3. The van der Waals surface area contributed by atoms with Gasteiger partial charge in [0.2, 0.25) is 0 Å². The maximum absolute atomic E-state index is 13.3. The van der Waals surface area contributed by atoms with E-state index in [2.05, 4.69) is 0 Å². The molecule has 1 N–H and O–H groups in total. The fraction of sp³-hybridized carbons (Fsp3) is 0.214. The average molecular weight is 472 g/mol. The van der Waals surface area contributed by atoms with Gasteiger partial charge in [0.15, 0.2) is 11.5 Å². The van der Waals surface area contributed by atoms with E-state index in [4.69, 9.17) is 14.2 Å². The van der Waals surface area contributed by atoms with Crippen molar-refractivity contribution < 1.29 is 28.9 Å². The van der Waals surface area contributed by atoms with Gasteiger partial charge in [0.1, 0.15) is 5.75 Å². The molecule has 1 aliphatic heterocycles. The fourth-order valence-electron chi connectivity index (χ4n) is 4.30. The number of aliphatic carboxylic acids is 1. The van der Waals surface area contributed by atoms with Gasteiger partial charge in [0.25, 0.3) is 5.91 Å². The highest BCUT2D eigenvalue weighted by Crippen LogP contribution is 2.30. The lowest BCUT2D eigenvalue weighted by Gasteiger charge is -2.15. The lowest BCUT2D eigenvalue weighted by atomic mass is 10.1. The number of nitrogens with zero attached hydrogens (tertiary/aromatic N) is 1. The summed E-state index contributed by atoms with van der Waals surface area (Å²) in [6.07, 6.45) is -0.0931. The fourth-order valence-corrected chi connectivity index (χ4v) is 4.30. The van der Waals surface area contributed by atoms with Crippen LogP contribution < -0.4 is 14.2 Å². The van der Waals surface area contributed by atoms with Gasteiger partial charge in [-0.05, 0) is 61.0 Å². The lowest BCUT2D eigenvalue weighted by Crippen LogP contribution is -2.24. The molecule has 0 fully saturated rings. The summed E-state index contributed by atoms with van der Waals surface area (Å²) < 4.78 is 19.2. The van der Waals surface area contributed by atoms with Gasteiger partial charge in [-0.25, -0.2) is 0 Å². The summed E-state index contributed by atoms with van der Waals surface area (Å²) in [5, 5.41) is 9.97. The van der Waals surface area contributed by atoms with Crippen LogP contribution in [0.15, 0.2) is 72.8 Å². The summed E-state index contributed by atoms with van der Waals surface area (Å²) in [5.74, 6) is 1.11. The van der Waals surface area contributed by atoms with Crippen LogP contribution >= 0.6 is 0 Å². The van der Waals surface area contributed by atoms with Crippen LogP contribution in [0.5, 0.6) is 17.2 Å². The molecule has 35 heavy (non-hydrogen) atoms. The van der Waals surface area contributed by atoms with Crippen molar-refractivity contribution in [1.82, 2.24) is 4.57 Å². The minimum absolute atomic E-state index is 0.0672. The second kappa shape index (κ2) is 9.54. The molecule has 0 spiro atoms. The molecule has 3 aromatic carbocycles. The molecule has 4 aromatic rings. The Morgan fingerprint density at radius 3 is 2.31 bits per heavy atom. The Morgan fingerprint density at radius 2 is 1.66 bits per heavy atom. The molecular weight excluding hydrogens is 446 g/mol. The number of carboxylic acid groups (broad SMARTS) is 1. The molecular formula is C28H25NO6. The molecule has 2 heterocycles. The van der Waals surface area contributed by atoms with Gasteiger partial charge in [-0.3, -0.25) is 14.2 Å². The van der Waals surface area contributed by atoms with Gasteiger partial charge >= 0.3 is 5.97 Å². The van der Waals surface area contributed by atoms with Gasteiger partial charge < -0.3 is 19.3 Å². The van der Waals surface area contributed by atoms with Crippen molar-refractivity contribution in [1.29, 1.82) is 0 Å². The van der Waals surface area contributed by atoms with Crippen molar-refractivity contribution in [3.63, 3.8) is 0 Å². The summed E-state index contributed by atoms with van der Waals surface area (Å²) in [6, 6.07) is 21.9. The van der Waals surface area contributed by atoms with Gasteiger partial charge in [-0.1, -0.05) is 24.3 Å². The van der Waals surface area contributed by atoms with Crippen molar-refractivity contribution in [2.45, 2.75) is 13.3 Å². The number of hydrogen-bond acceptors (Lipinski definition) is 5. The van der Waals surface area contributed by atoms with Crippen molar-refractivity contribution in [3.8, 4) is 17.2 Å². The normalized spacial score (nSPS) is 13.4. The third-order valence-corrected chi connectivity index (χ3v) is 6.05. The number of aryl methyl sites for hydroxylation is 1. The molecule has 7 nitrogen and oxygen atoms in total. The molecule has 1 aromatic heterocycles. The molecule has 0 atom stereocenters. The zero-order chi connectivity index (χ0) is 24.4. The molecule has 0 bridgehead atoms. The van der Waals surface area contributed by atoms with E-state index in [0.717, 1.165) is 22.6 Å². The molecule has 1 aliphatic rings. The van der Waals surface area contributed by atoms with E-state index in [-0.39, 0.29) is 18.2 Å². The maximum atomic E-state index is 13.3. The maximum Gasteiger partial charge on any atom is 0.307 e. The Hall–Kier alpha value is -4.26. The van der Waals surface area contributed by atoms with Crippen molar-refractivity contribution in [3.05, 3.63) is 89.6 Å². The van der Waals surface area contributed by atoms with Crippen LogP contribution in [0.3, 0.4) is 0 Å². The minimum atomic E-state index is -0.906. The smallest absolute Gasteiger partial charge is 0.307 e. The van der Waals surface area contributed by atoms with Crippen LogP contribution in [0.1, 0.15) is 21.6 Å². The SMILES string of the molecule is Cc1cc2c(CC(=O)O)cccc2n1C(=O)c1ccc(OCC2COc3ccccc3OC2)cc1. The molecule has 0 radical (unpaired) electrons. The molecule has 0 saturated carbocycles. The third-order valence-electron chi connectivity index (χ3n) is 6.05. The Kier molecular flexibility index (Phi) is 6.14. The molecule has 0 unspecified atom stereocenters. The predicted molar refractivity (Wildman–Crippen MR) is 131 cm³/mol. The van der Waals surface area contributed by atoms with E-state index in [0.29, 0.717) is 42.2 Å². The summed E-state index contributed by atoms with van der Waals surface area (Å²) in [5.41, 5.74) is 2.64. The first kappa shape index (κ1) is 22.5. The summed E-state index contributed by atoms with van der Waals surface area (Å²) >= 11 is 0. The van der Waals surface area contributed by atoms with E-state index in [1.807, 2.05) is 43.3 Å². The Morgan fingerprint density at radius 1 is 0.971 bits per heavy atom. The summed E-state index contributed by atoms with van der Waals surface area (Å²) in [7, 11) is 0. The first-order chi connectivity index (χ1) is 17.0. The number of carbonyl (C=O) groups excluding carboxylic acids is 1. The van der Waals surface area contributed by atoms with Crippen molar-refractivity contribution in [2.75, 3.05) is 19.8 Å². The van der Waals surface area contributed by atoms with Crippen molar-refractivity contribution in [2.24, 2.45) is 5.92 Å². The third kappa shape index (κ3) is 4.71. The highest BCUT2D eigenvalue weighted by atomic mass is 16.5. The van der Waals surface area contributed by atoms with E-state index in [1.165, 1.54) is 0 Å². The van der Waals surface area contributed by atoms with Crippen LogP contribution in [-0.2, 0) is 11.2 Å². The number of para-hydroxylation sites is 2. The molecule has 5 rings (SSSR count). The van der Waals surface area contributed by atoms with Gasteiger partial charge in [-0.2, -0.15) is 0 Å². The molecule has 178 valence electrons. The second-order valence-corrected chi connectivity index (χ2v) is 8.62.